The topological polar surface area (TPSA) is 46.6 Å². The van der Waals surface area contributed by atoms with Crippen molar-refractivity contribution in [1.82, 2.24) is 0 Å². The zero-order chi connectivity index (χ0) is 33.3. The third-order valence-corrected chi connectivity index (χ3v) is 9.96. The van der Waals surface area contributed by atoms with Crippen molar-refractivity contribution in [2.75, 3.05) is 4.90 Å². The molecule has 4 heteroatoms. The van der Waals surface area contributed by atoms with Crippen LogP contribution in [0.1, 0.15) is 51.3 Å². The Morgan fingerprint density at radius 1 is 0.571 bits per heavy atom. The first-order chi connectivity index (χ1) is 23.9. The second-order valence-corrected chi connectivity index (χ2v) is 13.3. The average Bonchev–Trinajstić information content (AvgIpc) is 3.35. The van der Waals surface area contributed by atoms with E-state index in [1.807, 2.05) is 84.9 Å². The number of allylic oxidation sites excluding steroid dienone is 1. The number of ether oxygens (including phenoxy) is 1. The number of Topliss-reactive ketones (excluding diaryl/α,β-unsaturated/α-hetero) is 2. The van der Waals surface area contributed by atoms with Crippen LogP contribution in [0.25, 0.3) is 27.6 Å². The molecule has 0 saturated carbocycles. The monoisotopic (exact) mass is 633 g/mol. The molecule has 0 N–H and O–H groups in total. The van der Waals surface area contributed by atoms with Crippen LogP contribution in [-0.2, 0) is 5.41 Å². The smallest absolute Gasteiger partial charge is 0.197 e. The molecular weight excluding hydrogens is 602 g/mol. The number of para-hydroxylation sites is 2. The number of nitrogens with zero attached hydrogens (tertiary/aromatic N) is 1. The van der Waals surface area contributed by atoms with Crippen molar-refractivity contribution < 1.29 is 14.3 Å². The molecule has 9 rings (SSSR count). The SMILES string of the molecule is CC1(C)c2ccccc2N(c2ccc(Oc3ccccc3)cc2)c2ccc3cc(C=C4C(=O)c5cc6ccccc6cc5C4=O)ccc3c21. The Hall–Kier alpha value is -6.26. The molecule has 7 aromatic carbocycles. The lowest BCUT2D eigenvalue weighted by atomic mass is 9.71. The van der Waals surface area contributed by atoms with Gasteiger partial charge in [0.05, 0.1) is 16.9 Å². The minimum absolute atomic E-state index is 0.211. The van der Waals surface area contributed by atoms with Crippen molar-refractivity contribution in [2.24, 2.45) is 0 Å². The Kier molecular flexibility index (Phi) is 6.43. The number of hydrogen-bond donors (Lipinski definition) is 0. The van der Waals surface area contributed by atoms with Crippen molar-refractivity contribution in [3.05, 3.63) is 179 Å². The predicted octanol–water partition coefficient (Wildman–Crippen LogP) is 11.4. The fourth-order valence-corrected chi connectivity index (χ4v) is 7.60. The maximum atomic E-state index is 13.5. The summed E-state index contributed by atoms with van der Waals surface area (Å²) in [5.74, 6) is 1.14. The van der Waals surface area contributed by atoms with Gasteiger partial charge in [-0.15, -0.1) is 0 Å². The Balaban J connectivity index is 1.12. The first kappa shape index (κ1) is 28.9. The molecule has 0 atom stereocenters. The van der Waals surface area contributed by atoms with Crippen LogP contribution in [0.15, 0.2) is 151 Å². The number of benzene rings is 7. The van der Waals surface area contributed by atoms with Crippen LogP contribution in [0.5, 0.6) is 11.5 Å². The molecule has 0 saturated heterocycles. The molecule has 0 bridgehead atoms. The summed E-state index contributed by atoms with van der Waals surface area (Å²) in [6.07, 6.45) is 1.75. The molecule has 234 valence electrons. The van der Waals surface area contributed by atoms with Gasteiger partial charge in [0, 0.05) is 22.2 Å². The zero-order valence-corrected chi connectivity index (χ0v) is 27.1. The summed E-state index contributed by atoms with van der Waals surface area (Å²) < 4.78 is 6.09. The Bertz CT molecular complexity index is 2470. The van der Waals surface area contributed by atoms with Crippen LogP contribution in [0.3, 0.4) is 0 Å². The largest absolute Gasteiger partial charge is 0.457 e. The second-order valence-electron chi connectivity index (χ2n) is 13.3. The molecule has 1 aliphatic heterocycles. The molecule has 0 aromatic heterocycles. The fourth-order valence-electron chi connectivity index (χ4n) is 7.60. The number of carbonyl (C=O) groups is 2. The number of ketones is 2. The molecule has 1 heterocycles. The summed E-state index contributed by atoms with van der Waals surface area (Å²) in [7, 11) is 0. The molecule has 0 amide bonds. The molecule has 0 fully saturated rings. The fraction of sp³-hybridized carbons (Fsp3) is 0.0667. The molecule has 0 spiro atoms. The number of hydrogen-bond acceptors (Lipinski definition) is 4. The van der Waals surface area contributed by atoms with E-state index in [2.05, 4.69) is 79.4 Å². The van der Waals surface area contributed by atoms with Gasteiger partial charge in [-0.25, -0.2) is 0 Å². The summed E-state index contributed by atoms with van der Waals surface area (Å²) >= 11 is 0. The minimum atomic E-state index is -0.292. The van der Waals surface area contributed by atoms with E-state index in [0.717, 1.165) is 55.7 Å². The third kappa shape index (κ3) is 4.60. The van der Waals surface area contributed by atoms with E-state index in [1.165, 1.54) is 11.1 Å². The van der Waals surface area contributed by atoms with Gasteiger partial charge >= 0.3 is 0 Å². The summed E-state index contributed by atoms with van der Waals surface area (Å²) in [4.78, 5) is 29.3. The summed E-state index contributed by atoms with van der Waals surface area (Å²) in [5, 5.41) is 4.09. The van der Waals surface area contributed by atoms with Gasteiger partial charge in [-0.2, -0.15) is 0 Å². The first-order valence-electron chi connectivity index (χ1n) is 16.5. The van der Waals surface area contributed by atoms with Gasteiger partial charge in [-0.1, -0.05) is 92.7 Å². The number of fused-ring (bicyclic) bond motifs is 6. The van der Waals surface area contributed by atoms with Crippen molar-refractivity contribution in [3.8, 4) is 11.5 Å². The minimum Gasteiger partial charge on any atom is -0.457 e. The van der Waals surface area contributed by atoms with Gasteiger partial charge in [0.15, 0.2) is 11.6 Å². The summed E-state index contributed by atoms with van der Waals surface area (Å²) in [6.45, 7) is 4.57. The Morgan fingerprint density at radius 2 is 1.20 bits per heavy atom. The van der Waals surface area contributed by atoms with Gasteiger partial charge < -0.3 is 9.64 Å². The van der Waals surface area contributed by atoms with Crippen LogP contribution >= 0.6 is 0 Å². The highest BCUT2D eigenvalue weighted by atomic mass is 16.5. The lowest BCUT2D eigenvalue weighted by Gasteiger charge is -2.42. The highest BCUT2D eigenvalue weighted by Crippen LogP contribution is 2.54. The number of anilines is 3. The molecular formula is C45H31NO3. The van der Waals surface area contributed by atoms with E-state index in [4.69, 9.17) is 4.74 Å². The van der Waals surface area contributed by atoms with Crippen LogP contribution in [0, 0.1) is 0 Å². The van der Waals surface area contributed by atoms with E-state index in [0.29, 0.717) is 11.1 Å². The van der Waals surface area contributed by atoms with E-state index in [9.17, 15) is 9.59 Å². The molecule has 0 radical (unpaired) electrons. The van der Waals surface area contributed by atoms with Gasteiger partial charge in [0.2, 0.25) is 0 Å². The summed E-state index contributed by atoms with van der Waals surface area (Å²) in [6, 6.07) is 48.7. The number of carbonyl (C=O) groups excluding carboxylic acids is 2. The highest BCUT2D eigenvalue weighted by molar-refractivity contribution is 6.42. The van der Waals surface area contributed by atoms with Gasteiger partial charge in [-0.05, 0) is 111 Å². The van der Waals surface area contributed by atoms with Crippen LogP contribution in [-0.4, -0.2) is 11.6 Å². The van der Waals surface area contributed by atoms with E-state index < -0.39 is 0 Å². The third-order valence-electron chi connectivity index (χ3n) is 9.96. The normalized spacial score (nSPS) is 14.5. The van der Waals surface area contributed by atoms with Gasteiger partial charge in [-0.3, -0.25) is 9.59 Å². The van der Waals surface area contributed by atoms with Gasteiger partial charge in [0.1, 0.15) is 11.5 Å². The number of rotatable bonds is 4. The molecule has 7 aromatic rings. The maximum absolute atomic E-state index is 13.5. The lowest BCUT2D eigenvalue weighted by Crippen LogP contribution is -2.30. The van der Waals surface area contributed by atoms with E-state index in [1.54, 1.807) is 6.08 Å². The van der Waals surface area contributed by atoms with Gasteiger partial charge in [0.25, 0.3) is 0 Å². The quantitative estimate of drug-likeness (QED) is 0.143. The van der Waals surface area contributed by atoms with Crippen molar-refractivity contribution in [2.45, 2.75) is 19.3 Å². The van der Waals surface area contributed by atoms with E-state index >= 15 is 0 Å². The molecule has 49 heavy (non-hydrogen) atoms. The highest BCUT2D eigenvalue weighted by Gasteiger charge is 2.38. The Morgan fingerprint density at radius 3 is 1.92 bits per heavy atom. The zero-order valence-electron chi connectivity index (χ0n) is 27.1. The lowest BCUT2D eigenvalue weighted by molar-refractivity contribution is 0.0990. The molecule has 2 aliphatic rings. The van der Waals surface area contributed by atoms with Crippen molar-refractivity contribution in [3.63, 3.8) is 0 Å². The standard InChI is InChI=1S/C45H31NO3/c1-45(2)39-14-8-9-15-40(39)46(32-18-20-34(21-19-32)49-33-12-4-3-5-13-33)41-23-17-31-24-28(16-22-35(31)42(41)45)25-38-43(47)36-26-29-10-6-7-11-30(29)27-37(36)44(38)48/h3-27H,1-2H3. The van der Waals surface area contributed by atoms with Crippen molar-refractivity contribution >= 4 is 56.2 Å². The molecule has 4 nitrogen and oxygen atoms in total. The average molecular weight is 634 g/mol. The van der Waals surface area contributed by atoms with Crippen LogP contribution in [0.2, 0.25) is 0 Å². The first-order valence-corrected chi connectivity index (χ1v) is 16.5. The molecule has 0 unspecified atom stereocenters. The maximum Gasteiger partial charge on any atom is 0.197 e. The summed E-state index contributed by atoms with van der Waals surface area (Å²) in [5.41, 5.74) is 7.44. The Labute approximate surface area is 284 Å². The van der Waals surface area contributed by atoms with Crippen LogP contribution in [0.4, 0.5) is 17.1 Å². The second kappa shape index (κ2) is 10.9. The van der Waals surface area contributed by atoms with E-state index in [-0.39, 0.29) is 22.6 Å². The van der Waals surface area contributed by atoms with Crippen LogP contribution < -0.4 is 9.64 Å². The molecule has 1 aliphatic carbocycles. The predicted molar refractivity (Wildman–Crippen MR) is 198 cm³/mol. The van der Waals surface area contributed by atoms with Crippen molar-refractivity contribution in [1.29, 1.82) is 0 Å².